The number of rotatable bonds is 9. The molecule has 6 nitrogen and oxygen atoms in total. The third-order valence-electron chi connectivity index (χ3n) is 4.58. The van der Waals surface area contributed by atoms with Crippen LogP contribution in [0.4, 0.5) is 5.13 Å². The minimum absolute atomic E-state index is 0.0726. The molecular formula is C20H29N5OS2. The van der Waals surface area contributed by atoms with Crippen molar-refractivity contribution in [1.82, 2.24) is 20.4 Å². The van der Waals surface area contributed by atoms with E-state index in [2.05, 4.69) is 63.8 Å². The molecule has 8 heteroatoms. The number of thioether (sulfide) groups is 1. The van der Waals surface area contributed by atoms with Gasteiger partial charge >= 0.3 is 0 Å². The summed E-state index contributed by atoms with van der Waals surface area (Å²) < 4.78 is 0.825. The molecule has 0 saturated carbocycles. The van der Waals surface area contributed by atoms with Gasteiger partial charge in [0, 0.05) is 32.2 Å². The van der Waals surface area contributed by atoms with Gasteiger partial charge in [0.05, 0.1) is 5.25 Å². The van der Waals surface area contributed by atoms with E-state index in [1.807, 2.05) is 13.0 Å². The van der Waals surface area contributed by atoms with Crippen LogP contribution in [-0.2, 0) is 11.3 Å². The highest BCUT2D eigenvalue weighted by Crippen LogP contribution is 2.29. The molecule has 28 heavy (non-hydrogen) atoms. The van der Waals surface area contributed by atoms with E-state index >= 15 is 0 Å². The Labute approximate surface area is 175 Å². The summed E-state index contributed by atoms with van der Waals surface area (Å²) in [7, 11) is 0. The molecule has 0 bridgehead atoms. The SMILES string of the molecule is CC(C)CNc1nnc(SC(C)C(=O)NC2CCN(Cc3ccccc3)C2)s1. The van der Waals surface area contributed by atoms with Crippen molar-refractivity contribution in [2.45, 2.75) is 49.4 Å². The van der Waals surface area contributed by atoms with E-state index in [-0.39, 0.29) is 17.2 Å². The molecule has 2 N–H and O–H groups in total. The Morgan fingerprint density at radius 2 is 2.07 bits per heavy atom. The molecule has 1 aromatic heterocycles. The fourth-order valence-electron chi connectivity index (χ4n) is 3.08. The fraction of sp³-hybridized carbons (Fsp3) is 0.550. The second-order valence-corrected chi connectivity index (χ2v) is 10.2. The van der Waals surface area contributed by atoms with Gasteiger partial charge in [-0.2, -0.15) is 0 Å². The number of likely N-dealkylation sites (tertiary alicyclic amines) is 1. The van der Waals surface area contributed by atoms with Crippen LogP contribution in [0.3, 0.4) is 0 Å². The number of carbonyl (C=O) groups excluding carboxylic acids is 1. The van der Waals surface area contributed by atoms with Gasteiger partial charge in [0.2, 0.25) is 11.0 Å². The summed E-state index contributed by atoms with van der Waals surface area (Å²) in [5, 5.41) is 15.4. The van der Waals surface area contributed by atoms with Crippen molar-refractivity contribution in [2.75, 3.05) is 25.0 Å². The minimum Gasteiger partial charge on any atom is -0.360 e. The zero-order valence-corrected chi connectivity index (χ0v) is 18.4. The number of hydrogen-bond acceptors (Lipinski definition) is 7. The maximum atomic E-state index is 12.6. The van der Waals surface area contributed by atoms with Crippen molar-refractivity contribution >= 4 is 34.1 Å². The summed E-state index contributed by atoms with van der Waals surface area (Å²) in [6.07, 6.45) is 0.998. The average molecular weight is 420 g/mol. The maximum Gasteiger partial charge on any atom is 0.233 e. The zero-order valence-electron chi connectivity index (χ0n) is 16.7. The molecule has 0 radical (unpaired) electrons. The lowest BCUT2D eigenvalue weighted by molar-refractivity contribution is -0.120. The van der Waals surface area contributed by atoms with Crippen LogP contribution in [0.1, 0.15) is 32.8 Å². The third-order valence-corrected chi connectivity index (χ3v) is 6.65. The zero-order chi connectivity index (χ0) is 19.9. The van der Waals surface area contributed by atoms with Gasteiger partial charge in [-0.05, 0) is 24.8 Å². The Morgan fingerprint density at radius 1 is 1.29 bits per heavy atom. The van der Waals surface area contributed by atoms with E-state index in [9.17, 15) is 4.79 Å². The highest BCUT2D eigenvalue weighted by Gasteiger charge is 2.26. The molecule has 0 aliphatic carbocycles. The number of anilines is 1. The molecule has 2 aromatic rings. The van der Waals surface area contributed by atoms with E-state index in [0.29, 0.717) is 5.92 Å². The van der Waals surface area contributed by atoms with Gasteiger partial charge in [0.15, 0.2) is 4.34 Å². The number of amides is 1. The van der Waals surface area contributed by atoms with Crippen LogP contribution in [0, 0.1) is 5.92 Å². The minimum atomic E-state index is -0.186. The normalized spacial score (nSPS) is 18.4. The monoisotopic (exact) mass is 419 g/mol. The summed E-state index contributed by atoms with van der Waals surface area (Å²) in [4.78, 5) is 15.0. The number of benzene rings is 1. The fourth-order valence-corrected chi connectivity index (χ4v) is 4.99. The summed E-state index contributed by atoms with van der Waals surface area (Å²) in [5.74, 6) is 0.626. The summed E-state index contributed by atoms with van der Waals surface area (Å²) in [5.41, 5.74) is 1.32. The summed E-state index contributed by atoms with van der Waals surface area (Å²) >= 11 is 2.98. The van der Waals surface area contributed by atoms with Crippen LogP contribution in [0.5, 0.6) is 0 Å². The van der Waals surface area contributed by atoms with Crippen LogP contribution in [-0.4, -0.2) is 51.9 Å². The maximum absolute atomic E-state index is 12.6. The van der Waals surface area contributed by atoms with Gasteiger partial charge in [-0.1, -0.05) is 67.3 Å². The van der Waals surface area contributed by atoms with Crippen molar-refractivity contribution in [3.63, 3.8) is 0 Å². The number of hydrogen-bond donors (Lipinski definition) is 2. The van der Waals surface area contributed by atoms with Crippen molar-refractivity contribution in [2.24, 2.45) is 5.92 Å². The molecule has 2 atom stereocenters. The van der Waals surface area contributed by atoms with Crippen LogP contribution < -0.4 is 10.6 Å². The molecule has 152 valence electrons. The van der Waals surface area contributed by atoms with Crippen molar-refractivity contribution in [3.8, 4) is 0 Å². The molecule has 3 rings (SSSR count). The van der Waals surface area contributed by atoms with Gasteiger partial charge in [-0.25, -0.2) is 0 Å². The van der Waals surface area contributed by atoms with Crippen LogP contribution >= 0.6 is 23.1 Å². The second kappa shape index (κ2) is 10.2. The van der Waals surface area contributed by atoms with E-state index in [4.69, 9.17) is 0 Å². The Morgan fingerprint density at radius 3 is 2.82 bits per heavy atom. The van der Waals surface area contributed by atoms with Crippen molar-refractivity contribution < 1.29 is 4.79 Å². The first-order valence-electron chi connectivity index (χ1n) is 9.80. The third kappa shape index (κ3) is 6.46. The molecule has 2 unspecified atom stereocenters. The first kappa shape index (κ1) is 21.1. The topological polar surface area (TPSA) is 70.1 Å². The Bertz CT molecular complexity index is 752. The van der Waals surface area contributed by atoms with E-state index in [0.717, 1.165) is 42.1 Å². The Kier molecular flexibility index (Phi) is 7.70. The molecule has 1 aliphatic rings. The predicted octanol–water partition coefficient (Wildman–Crippen LogP) is 3.48. The molecular weight excluding hydrogens is 390 g/mol. The number of nitrogens with zero attached hydrogens (tertiary/aromatic N) is 3. The average Bonchev–Trinajstić information content (AvgIpc) is 3.30. The quantitative estimate of drug-likeness (QED) is 0.607. The van der Waals surface area contributed by atoms with Crippen molar-refractivity contribution in [1.29, 1.82) is 0 Å². The molecule has 1 amide bonds. The summed E-state index contributed by atoms with van der Waals surface area (Å²) in [6, 6.07) is 10.7. The number of nitrogens with one attached hydrogen (secondary N) is 2. The Hall–Kier alpha value is -1.64. The van der Waals surface area contributed by atoms with Crippen LogP contribution in [0.25, 0.3) is 0 Å². The van der Waals surface area contributed by atoms with Gasteiger partial charge in [0.25, 0.3) is 0 Å². The lowest BCUT2D eigenvalue weighted by Gasteiger charge is -2.18. The second-order valence-electron chi connectivity index (χ2n) is 7.62. The van der Waals surface area contributed by atoms with Gasteiger partial charge in [-0.3, -0.25) is 9.69 Å². The van der Waals surface area contributed by atoms with E-state index < -0.39 is 0 Å². The standard InChI is InChI=1S/C20H29N5OS2/c1-14(2)11-21-19-23-24-20(28-19)27-15(3)18(26)22-17-9-10-25(13-17)12-16-7-5-4-6-8-16/h4-8,14-15,17H,9-13H2,1-3H3,(H,21,23)(H,22,26). The molecule has 1 aromatic carbocycles. The van der Waals surface area contributed by atoms with Crippen LogP contribution in [0.2, 0.25) is 0 Å². The van der Waals surface area contributed by atoms with Gasteiger partial charge in [0.1, 0.15) is 0 Å². The van der Waals surface area contributed by atoms with Gasteiger partial charge in [-0.15, -0.1) is 10.2 Å². The molecule has 0 spiro atoms. The molecule has 2 heterocycles. The first-order chi connectivity index (χ1) is 13.5. The van der Waals surface area contributed by atoms with E-state index in [1.165, 1.54) is 28.7 Å². The molecule has 1 fully saturated rings. The van der Waals surface area contributed by atoms with Crippen LogP contribution in [0.15, 0.2) is 34.7 Å². The lowest BCUT2D eigenvalue weighted by Crippen LogP contribution is -2.40. The van der Waals surface area contributed by atoms with Crippen molar-refractivity contribution in [3.05, 3.63) is 35.9 Å². The van der Waals surface area contributed by atoms with Gasteiger partial charge < -0.3 is 10.6 Å². The lowest BCUT2D eigenvalue weighted by atomic mass is 10.2. The van der Waals surface area contributed by atoms with E-state index in [1.54, 1.807) is 0 Å². The first-order valence-corrected chi connectivity index (χ1v) is 11.5. The number of aromatic nitrogens is 2. The summed E-state index contributed by atoms with van der Waals surface area (Å²) in [6.45, 7) is 9.97. The number of carbonyl (C=O) groups is 1. The Balaban J connectivity index is 1.42. The largest absolute Gasteiger partial charge is 0.360 e. The highest BCUT2D eigenvalue weighted by molar-refractivity contribution is 8.02. The molecule has 1 aliphatic heterocycles. The highest BCUT2D eigenvalue weighted by atomic mass is 32.2. The molecule has 1 saturated heterocycles. The smallest absolute Gasteiger partial charge is 0.233 e. The predicted molar refractivity (Wildman–Crippen MR) is 117 cm³/mol.